The molecule has 2 atom stereocenters. The van der Waals surface area contributed by atoms with Crippen LogP contribution in [-0.4, -0.2) is 21.3 Å². The molecule has 0 heterocycles. The molecule has 0 saturated heterocycles. The Hall–Kier alpha value is 0.137. The lowest BCUT2D eigenvalue weighted by Crippen LogP contribution is -2.44. The highest BCUT2D eigenvalue weighted by molar-refractivity contribution is 6.67. The minimum Gasteiger partial charge on any atom is -0.394 e. The van der Waals surface area contributed by atoms with E-state index in [0.717, 1.165) is 12.5 Å². The normalized spacial score (nSPS) is 23.6. The van der Waals surface area contributed by atoms with Gasteiger partial charge in [-0.25, -0.2) is 0 Å². The van der Waals surface area contributed by atoms with Crippen molar-refractivity contribution >= 4 is 8.56 Å². The molecule has 14 heavy (non-hydrogen) atoms. The molecule has 2 unspecified atom stereocenters. The molecule has 0 aromatic carbocycles. The molecule has 0 aromatic rings. The fourth-order valence-electron chi connectivity index (χ4n) is 1.65. The maximum Gasteiger partial charge on any atom is 0.337 e. The van der Waals surface area contributed by atoms with Crippen LogP contribution in [0.15, 0.2) is 0 Å². The topological polar surface area (TPSA) is 18.5 Å². The van der Waals surface area contributed by atoms with Crippen molar-refractivity contribution in [1.82, 2.24) is 0 Å². The van der Waals surface area contributed by atoms with Gasteiger partial charge >= 0.3 is 8.56 Å². The molecule has 0 bridgehead atoms. The summed E-state index contributed by atoms with van der Waals surface area (Å²) in [7, 11) is -1.91. The fraction of sp³-hybridized carbons (Fsp3) is 1.00. The lowest BCUT2D eigenvalue weighted by atomic mass is 10.3. The van der Waals surface area contributed by atoms with Crippen LogP contribution < -0.4 is 0 Å². The summed E-state index contributed by atoms with van der Waals surface area (Å²) in [5, 5.41) is 0. The molecule has 1 aliphatic carbocycles. The van der Waals surface area contributed by atoms with Gasteiger partial charge in [-0.3, -0.25) is 0 Å². The predicted molar refractivity (Wildman–Crippen MR) is 61.6 cm³/mol. The third-order valence-corrected chi connectivity index (χ3v) is 6.98. The van der Waals surface area contributed by atoms with E-state index in [1.165, 1.54) is 12.8 Å². The quantitative estimate of drug-likeness (QED) is 0.634. The molecule has 0 N–H and O–H groups in total. The zero-order valence-corrected chi connectivity index (χ0v) is 11.2. The van der Waals surface area contributed by atoms with Crippen molar-refractivity contribution in [3.8, 4) is 0 Å². The van der Waals surface area contributed by atoms with Gasteiger partial charge in [0.25, 0.3) is 0 Å². The van der Waals surface area contributed by atoms with Crippen molar-refractivity contribution in [2.75, 3.05) is 6.61 Å². The molecule has 1 rings (SSSR count). The molecule has 1 aliphatic rings. The fourth-order valence-corrected chi connectivity index (χ4v) is 3.83. The summed E-state index contributed by atoms with van der Waals surface area (Å²) in [6.45, 7) is 11.6. The van der Waals surface area contributed by atoms with Gasteiger partial charge < -0.3 is 8.85 Å². The Kier molecular flexibility index (Phi) is 4.16. The highest BCUT2D eigenvalue weighted by Crippen LogP contribution is 2.37. The Morgan fingerprint density at radius 2 is 1.86 bits per heavy atom. The summed E-state index contributed by atoms with van der Waals surface area (Å²) in [5.74, 6) is 0.807. The van der Waals surface area contributed by atoms with E-state index in [-0.39, 0.29) is 0 Å². The van der Waals surface area contributed by atoms with Gasteiger partial charge in [-0.05, 0) is 44.7 Å². The van der Waals surface area contributed by atoms with Gasteiger partial charge in [-0.2, -0.15) is 0 Å². The predicted octanol–water partition coefficient (Wildman–Crippen LogP) is 3.32. The van der Waals surface area contributed by atoms with Crippen molar-refractivity contribution in [3.63, 3.8) is 0 Å². The molecule has 0 aromatic heterocycles. The summed E-state index contributed by atoms with van der Waals surface area (Å²) < 4.78 is 12.0. The van der Waals surface area contributed by atoms with Gasteiger partial charge in [-0.15, -0.1) is 0 Å². The minimum absolute atomic E-state index is 0.403. The van der Waals surface area contributed by atoms with Crippen molar-refractivity contribution in [2.45, 2.75) is 58.7 Å². The average molecular weight is 216 g/mol. The molecule has 0 radical (unpaired) electrons. The van der Waals surface area contributed by atoms with Crippen LogP contribution in [0.2, 0.25) is 12.1 Å². The van der Waals surface area contributed by atoms with Gasteiger partial charge in [0.15, 0.2) is 0 Å². The second-order valence-electron chi connectivity index (χ2n) is 4.76. The largest absolute Gasteiger partial charge is 0.394 e. The number of rotatable bonds is 6. The molecule has 0 aliphatic heterocycles. The van der Waals surface area contributed by atoms with E-state index in [0.29, 0.717) is 11.6 Å². The Morgan fingerprint density at radius 1 is 1.29 bits per heavy atom. The van der Waals surface area contributed by atoms with E-state index < -0.39 is 8.56 Å². The van der Waals surface area contributed by atoms with Gasteiger partial charge in [0.1, 0.15) is 0 Å². The van der Waals surface area contributed by atoms with Gasteiger partial charge in [0.2, 0.25) is 0 Å². The van der Waals surface area contributed by atoms with Crippen molar-refractivity contribution in [3.05, 3.63) is 0 Å². The smallest absolute Gasteiger partial charge is 0.337 e. The summed E-state index contributed by atoms with van der Waals surface area (Å²) in [6, 6.07) is 0. The lowest BCUT2D eigenvalue weighted by Gasteiger charge is -2.33. The molecule has 2 nitrogen and oxygen atoms in total. The lowest BCUT2D eigenvalue weighted by molar-refractivity contribution is 0.112. The monoisotopic (exact) mass is 216 g/mol. The van der Waals surface area contributed by atoms with Crippen LogP contribution in [-0.2, 0) is 8.85 Å². The summed E-state index contributed by atoms with van der Waals surface area (Å²) in [5.41, 5.74) is 0.531. The SMILES string of the molecule is CCO[Si](C)(OC(C)C1CC1)C(C)C. The molecule has 1 saturated carbocycles. The molecule has 1 fully saturated rings. The van der Waals surface area contributed by atoms with Gasteiger partial charge in [-0.1, -0.05) is 13.8 Å². The van der Waals surface area contributed by atoms with Crippen LogP contribution in [0.25, 0.3) is 0 Å². The summed E-state index contributed by atoms with van der Waals surface area (Å²) >= 11 is 0. The second-order valence-corrected chi connectivity index (χ2v) is 8.48. The standard InChI is InChI=1S/C11H24O2Si/c1-6-12-14(5,9(2)3)13-10(4)11-7-8-11/h9-11H,6-8H2,1-5H3. The van der Waals surface area contributed by atoms with Crippen LogP contribution in [0.3, 0.4) is 0 Å². The zero-order chi connectivity index (χ0) is 10.8. The first-order valence-corrected chi connectivity index (χ1v) is 8.20. The van der Waals surface area contributed by atoms with Crippen LogP contribution in [0.4, 0.5) is 0 Å². The first kappa shape index (κ1) is 12.2. The van der Waals surface area contributed by atoms with Gasteiger partial charge in [0, 0.05) is 12.7 Å². The summed E-state index contributed by atoms with van der Waals surface area (Å²) in [6.07, 6.45) is 3.09. The van der Waals surface area contributed by atoms with E-state index in [9.17, 15) is 0 Å². The maximum atomic E-state index is 6.18. The Labute approximate surface area is 89.2 Å². The second kappa shape index (κ2) is 4.77. The molecule has 3 heteroatoms. The number of hydrogen-bond donors (Lipinski definition) is 0. The highest BCUT2D eigenvalue weighted by atomic mass is 28.4. The Balaban J connectivity index is 2.48. The minimum atomic E-state index is -1.91. The van der Waals surface area contributed by atoms with E-state index in [2.05, 4.69) is 34.2 Å². The van der Waals surface area contributed by atoms with Crippen LogP contribution in [0.5, 0.6) is 0 Å². The van der Waals surface area contributed by atoms with Crippen molar-refractivity contribution in [1.29, 1.82) is 0 Å². The Morgan fingerprint density at radius 3 is 2.21 bits per heavy atom. The molecular weight excluding hydrogens is 192 g/mol. The maximum absolute atomic E-state index is 6.18. The molecule has 0 amide bonds. The summed E-state index contributed by atoms with van der Waals surface area (Å²) in [4.78, 5) is 0. The number of hydrogen-bond acceptors (Lipinski definition) is 2. The van der Waals surface area contributed by atoms with E-state index in [1.807, 2.05) is 0 Å². The molecule has 84 valence electrons. The third kappa shape index (κ3) is 3.07. The van der Waals surface area contributed by atoms with Crippen molar-refractivity contribution < 1.29 is 8.85 Å². The van der Waals surface area contributed by atoms with Gasteiger partial charge in [0.05, 0.1) is 0 Å². The van der Waals surface area contributed by atoms with E-state index >= 15 is 0 Å². The zero-order valence-electron chi connectivity index (χ0n) is 10.2. The van der Waals surface area contributed by atoms with Crippen LogP contribution >= 0.6 is 0 Å². The first-order chi connectivity index (χ1) is 6.49. The Bertz CT molecular complexity index is 180. The van der Waals surface area contributed by atoms with Crippen LogP contribution in [0.1, 0.15) is 40.5 Å². The average Bonchev–Trinajstić information content (AvgIpc) is 2.85. The van der Waals surface area contributed by atoms with E-state index in [4.69, 9.17) is 8.85 Å². The molecule has 0 spiro atoms. The molecular formula is C11H24O2Si. The highest BCUT2D eigenvalue weighted by Gasteiger charge is 2.40. The first-order valence-electron chi connectivity index (χ1n) is 5.81. The van der Waals surface area contributed by atoms with Crippen molar-refractivity contribution in [2.24, 2.45) is 5.92 Å². The van der Waals surface area contributed by atoms with E-state index in [1.54, 1.807) is 0 Å². The third-order valence-electron chi connectivity index (χ3n) is 3.19. The van der Waals surface area contributed by atoms with Crippen LogP contribution in [0, 0.1) is 5.92 Å².